The molecular formula is C29H55NO6. The lowest BCUT2D eigenvalue weighted by atomic mass is 9.77. The van der Waals surface area contributed by atoms with Crippen molar-refractivity contribution in [3.63, 3.8) is 0 Å². The van der Waals surface area contributed by atoms with Gasteiger partial charge >= 0.3 is 5.97 Å². The second kappa shape index (κ2) is 15.7. The number of aliphatic hydroxyl groups is 1. The summed E-state index contributed by atoms with van der Waals surface area (Å²) in [5.41, 5.74) is -2.20. The predicted octanol–water partition coefficient (Wildman–Crippen LogP) is 4.43. The van der Waals surface area contributed by atoms with Gasteiger partial charge in [0, 0.05) is 18.8 Å². The monoisotopic (exact) mass is 513 g/mol. The fraction of sp³-hybridized carbons (Fsp3) is 0.897. The Labute approximate surface area is 220 Å². The smallest absolute Gasteiger partial charge is 0.306 e. The van der Waals surface area contributed by atoms with Crippen LogP contribution in [0.4, 0.5) is 0 Å². The highest BCUT2D eigenvalue weighted by Gasteiger charge is 2.42. The molecule has 0 aromatic rings. The van der Waals surface area contributed by atoms with Gasteiger partial charge in [-0.1, -0.05) is 79.1 Å². The van der Waals surface area contributed by atoms with E-state index in [0.717, 1.165) is 38.5 Å². The van der Waals surface area contributed by atoms with Crippen LogP contribution in [0.25, 0.3) is 0 Å². The molecule has 1 N–H and O–H groups in total. The molecule has 0 spiro atoms. The largest absolute Gasteiger partial charge is 0.550 e. The molecule has 0 radical (unpaired) electrons. The number of carboxylic acid groups (broad SMARTS) is 1. The lowest BCUT2D eigenvalue weighted by Crippen LogP contribution is -2.56. The molecule has 7 nitrogen and oxygen atoms in total. The number of quaternary nitrogens is 1. The average molecular weight is 514 g/mol. The van der Waals surface area contributed by atoms with Gasteiger partial charge in [-0.3, -0.25) is 9.59 Å². The second-order valence-corrected chi connectivity index (χ2v) is 13.3. The van der Waals surface area contributed by atoms with Crippen LogP contribution in [0.5, 0.6) is 0 Å². The summed E-state index contributed by atoms with van der Waals surface area (Å²) in [6.07, 6.45) is 11.1. The number of rotatable bonds is 21. The Kier molecular flexibility index (Phi) is 15.1. The Hall–Kier alpha value is -1.47. The van der Waals surface area contributed by atoms with Gasteiger partial charge in [0.05, 0.1) is 34.2 Å². The zero-order chi connectivity index (χ0) is 28.0. The molecule has 7 heteroatoms. The van der Waals surface area contributed by atoms with E-state index >= 15 is 0 Å². The highest BCUT2D eigenvalue weighted by molar-refractivity contribution is 5.91. The number of hydrogen-bond donors (Lipinski definition) is 1. The first kappa shape index (κ1) is 34.5. The highest BCUT2D eigenvalue weighted by atomic mass is 16.5. The third kappa shape index (κ3) is 17.1. The van der Waals surface area contributed by atoms with Crippen LogP contribution in [0, 0.1) is 10.8 Å². The first-order valence-electron chi connectivity index (χ1n) is 13.8. The van der Waals surface area contributed by atoms with Gasteiger partial charge in [-0.25, -0.2) is 0 Å². The number of aliphatic carboxylic acids is 1. The number of ketones is 1. The number of Topliss-reactive ketones (excluding diaryl/α,β-unsaturated/α-hetero) is 1. The van der Waals surface area contributed by atoms with Crippen LogP contribution < -0.4 is 5.11 Å². The molecule has 0 amide bonds. The quantitative estimate of drug-likeness (QED) is 0.138. The van der Waals surface area contributed by atoms with Gasteiger partial charge in [-0.2, -0.15) is 0 Å². The average Bonchev–Trinajstić information content (AvgIpc) is 2.66. The topological polar surface area (TPSA) is 104 Å². The zero-order valence-electron chi connectivity index (χ0n) is 24.5. The number of esters is 1. The first-order valence-corrected chi connectivity index (χ1v) is 13.8. The summed E-state index contributed by atoms with van der Waals surface area (Å²) in [5.74, 6) is -1.92. The molecule has 0 aliphatic rings. The number of carbonyl (C=O) groups is 3. The molecule has 1 atom stereocenters. The molecule has 0 aliphatic carbocycles. The van der Waals surface area contributed by atoms with Gasteiger partial charge in [-0.15, -0.1) is 0 Å². The molecule has 0 fully saturated rings. The maximum atomic E-state index is 12.9. The van der Waals surface area contributed by atoms with Crippen LogP contribution in [0.15, 0.2) is 0 Å². The standard InChI is InChI=1S/C29H55NO6/c1-9-36-26(34)22-28(4,5)19-17-15-13-11-10-12-14-16-18-27(2,3)20-24(31)29(35,21-25(32)33)23-30(6,7)8/h35H,9-23H2,1-8H3/t29-/m1/s1. The van der Waals surface area contributed by atoms with E-state index in [1.54, 1.807) is 0 Å². The molecule has 0 rings (SSSR count). The van der Waals surface area contributed by atoms with E-state index in [0.29, 0.717) is 17.5 Å². The van der Waals surface area contributed by atoms with Gasteiger partial charge in [0.1, 0.15) is 6.54 Å². The normalized spacial score (nSPS) is 14.4. The van der Waals surface area contributed by atoms with Crippen LogP contribution in [0.3, 0.4) is 0 Å². The minimum absolute atomic E-state index is 0.00743. The van der Waals surface area contributed by atoms with Crippen molar-refractivity contribution in [2.24, 2.45) is 10.8 Å². The number of unbranched alkanes of at least 4 members (excludes halogenated alkanes) is 7. The van der Waals surface area contributed by atoms with E-state index < -0.39 is 23.8 Å². The molecule has 36 heavy (non-hydrogen) atoms. The lowest BCUT2D eigenvalue weighted by Gasteiger charge is -2.36. The minimum Gasteiger partial charge on any atom is -0.550 e. The Balaban J connectivity index is 4.20. The van der Waals surface area contributed by atoms with Gasteiger partial charge in [0.25, 0.3) is 0 Å². The summed E-state index contributed by atoms with van der Waals surface area (Å²) in [6, 6.07) is 0. The highest BCUT2D eigenvalue weighted by Crippen LogP contribution is 2.32. The molecule has 0 unspecified atom stereocenters. The molecule has 0 heterocycles. The van der Waals surface area contributed by atoms with Crippen molar-refractivity contribution in [3.05, 3.63) is 0 Å². The minimum atomic E-state index is -1.90. The van der Waals surface area contributed by atoms with Gasteiger partial charge < -0.3 is 24.2 Å². The van der Waals surface area contributed by atoms with Crippen LogP contribution >= 0.6 is 0 Å². The molecule has 0 saturated heterocycles. The number of likely N-dealkylation sites (N-methyl/N-ethyl adjacent to an activating group) is 1. The molecule has 0 aromatic carbocycles. The fourth-order valence-corrected chi connectivity index (χ4v) is 4.91. The van der Waals surface area contributed by atoms with E-state index in [2.05, 4.69) is 13.8 Å². The number of ether oxygens (including phenoxy) is 1. The van der Waals surface area contributed by atoms with Crippen molar-refractivity contribution in [1.82, 2.24) is 0 Å². The van der Waals surface area contributed by atoms with E-state index in [9.17, 15) is 24.6 Å². The number of hydrogen-bond acceptors (Lipinski definition) is 6. The third-order valence-electron chi connectivity index (χ3n) is 6.72. The van der Waals surface area contributed by atoms with Crippen molar-refractivity contribution in [2.75, 3.05) is 34.3 Å². The van der Waals surface area contributed by atoms with E-state index in [1.165, 1.54) is 25.7 Å². The Morgan fingerprint density at radius 2 is 1.17 bits per heavy atom. The molecule has 0 bridgehead atoms. The Morgan fingerprint density at radius 3 is 1.56 bits per heavy atom. The van der Waals surface area contributed by atoms with Crippen LogP contribution in [0.2, 0.25) is 0 Å². The maximum Gasteiger partial charge on any atom is 0.306 e. The summed E-state index contributed by atoms with van der Waals surface area (Å²) >= 11 is 0. The van der Waals surface area contributed by atoms with E-state index in [-0.39, 0.29) is 29.8 Å². The van der Waals surface area contributed by atoms with Crippen LogP contribution in [0.1, 0.15) is 118 Å². The molecule has 212 valence electrons. The Morgan fingerprint density at radius 1 is 0.750 bits per heavy atom. The SMILES string of the molecule is CCOC(=O)CC(C)(C)CCCCCCCCCCC(C)(C)CC(=O)[C@@](O)(CC(=O)[O-])C[N+](C)(C)C. The molecule has 0 saturated carbocycles. The zero-order valence-corrected chi connectivity index (χ0v) is 24.5. The van der Waals surface area contributed by atoms with Gasteiger partial charge in [-0.05, 0) is 30.6 Å². The van der Waals surface area contributed by atoms with Crippen molar-refractivity contribution in [2.45, 2.75) is 124 Å². The van der Waals surface area contributed by atoms with Gasteiger partial charge in [0.2, 0.25) is 0 Å². The Bertz CT molecular complexity index is 680. The summed E-state index contributed by atoms with van der Waals surface area (Å²) in [6.45, 7) is 10.6. The van der Waals surface area contributed by atoms with E-state index in [4.69, 9.17) is 4.74 Å². The second-order valence-electron chi connectivity index (χ2n) is 13.3. The van der Waals surface area contributed by atoms with Crippen molar-refractivity contribution in [3.8, 4) is 0 Å². The summed E-state index contributed by atoms with van der Waals surface area (Å²) < 4.78 is 5.36. The van der Waals surface area contributed by atoms with Gasteiger partial charge in [0.15, 0.2) is 11.4 Å². The van der Waals surface area contributed by atoms with Crippen molar-refractivity contribution >= 4 is 17.7 Å². The maximum absolute atomic E-state index is 12.9. The van der Waals surface area contributed by atoms with Crippen molar-refractivity contribution < 1.29 is 33.8 Å². The number of carbonyl (C=O) groups excluding carboxylic acids is 3. The number of carboxylic acids is 1. The van der Waals surface area contributed by atoms with Crippen LogP contribution in [-0.4, -0.2) is 67.2 Å². The molecule has 0 aromatic heterocycles. The lowest BCUT2D eigenvalue weighted by molar-refractivity contribution is -0.875. The van der Waals surface area contributed by atoms with Crippen molar-refractivity contribution in [1.29, 1.82) is 0 Å². The number of nitrogens with zero attached hydrogens (tertiary/aromatic N) is 1. The summed E-state index contributed by atoms with van der Waals surface area (Å²) in [5, 5.41) is 22.1. The first-order chi connectivity index (χ1) is 16.4. The van der Waals surface area contributed by atoms with Crippen LogP contribution in [-0.2, 0) is 19.1 Å². The molecular weight excluding hydrogens is 458 g/mol. The summed E-state index contributed by atoms with van der Waals surface area (Å²) in [7, 11) is 5.48. The molecule has 0 aliphatic heterocycles. The fourth-order valence-electron chi connectivity index (χ4n) is 4.91. The predicted molar refractivity (Wildman–Crippen MR) is 142 cm³/mol. The van der Waals surface area contributed by atoms with E-state index in [1.807, 2.05) is 41.9 Å². The summed E-state index contributed by atoms with van der Waals surface area (Å²) in [4.78, 5) is 35.8. The third-order valence-corrected chi connectivity index (χ3v) is 6.72.